The maximum Gasteiger partial charge on any atom is 0.255 e. The number of nitrogens with zero attached hydrogens (tertiary/aromatic N) is 1. The molecule has 1 atom stereocenters. The summed E-state index contributed by atoms with van der Waals surface area (Å²) in [7, 11) is 1.58. The fourth-order valence-electron chi connectivity index (χ4n) is 3.46. The molecular weight excluding hydrogens is 452 g/mol. The van der Waals surface area contributed by atoms with E-state index >= 15 is 0 Å². The molecule has 10 heteroatoms. The molecule has 2 aromatic rings. The van der Waals surface area contributed by atoms with Crippen LogP contribution in [0.15, 0.2) is 47.4 Å². The monoisotopic (exact) mass is 478 g/mol. The zero-order chi connectivity index (χ0) is 23.3. The van der Waals surface area contributed by atoms with Crippen molar-refractivity contribution in [2.24, 2.45) is 0 Å². The van der Waals surface area contributed by atoms with Crippen molar-refractivity contribution in [1.82, 2.24) is 4.90 Å². The second-order valence-corrected chi connectivity index (χ2v) is 10.6. The lowest BCUT2D eigenvalue weighted by atomic mass is 10.1. The first kappa shape index (κ1) is 23.9. The van der Waals surface area contributed by atoms with Crippen LogP contribution in [0.1, 0.15) is 16.8 Å². The van der Waals surface area contributed by atoms with Gasteiger partial charge in [0.15, 0.2) is 21.3 Å². The highest BCUT2D eigenvalue weighted by molar-refractivity contribution is 8.00. The van der Waals surface area contributed by atoms with Gasteiger partial charge in [-0.15, -0.1) is 11.8 Å². The van der Waals surface area contributed by atoms with Crippen LogP contribution in [0, 0.1) is 0 Å². The Morgan fingerprint density at radius 3 is 2.50 bits per heavy atom. The Labute approximate surface area is 192 Å². The first-order chi connectivity index (χ1) is 15.2. The van der Waals surface area contributed by atoms with Crippen molar-refractivity contribution in [2.45, 2.75) is 17.4 Å². The number of carbonyl (C=O) groups excluding carboxylic acids is 2. The summed E-state index contributed by atoms with van der Waals surface area (Å²) in [5.74, 6) is 0.757. The van der Waals surface area contributed by atoms with Gasteiger partial charge in [0.1, 0.15) is 0 Å². The third kappa shape index (κ3) is 5.74. The van der Waals surface area contributed by atoms with E-state index in [-0.39, 0.29) is 35.1 Å². The van der Waals surface area contributed by atoms with Gasteiger partial charge in [-0.1, -0.05) is 12.1 Å². The fraction of sp³-hybridized carbons (Fsp3) is 0.364. The van der Waals surface area contributed by atoms with Crippen molar-refractivity contribution >= 4 is 39.1 Å². The number of sulfone groups is 1. The first-order valence-electron chi connectivity index (χ1n) is 9.95. The molecule has 1 aliphatic heterocycles. The van der Waals surface area contributed by atoms with Crippen LogP contribution in [0.2, 0.25) is 0 Å². The number of carbonyl (C=O) groups is 2. The second kappa shape index (κ2) is 10.3. The number of anilines is 1. The van der Waals surface area contributed by atoms with Crippen molar-refractivity contribution in [1.29, 1.82) is 0 Å². The Bertz CT molecular complexity index is 1100. The van der Waals surface area contributed by atoms with Crippen molar-refractivity contribution < 1.29 is 27.5 Å². The summed E-state index contributed by atoms with van der Waals surface area (Å²) in [5, 5.41) is 2.81. The van der Waals surface area contributed by atoms with Gasteiger partial charge in [0.2, 0.25) is 5.91 Å². The quantitative estimate of drug-likeness (QED) is 0.582. The molecule has 0 bridgehead atoms. The van der Waals surface area contributed by atoms with E-state index in [9.17, 15) is 18.0 Å². The van der Waals surface area contributed by atoms with Crippen molar-refractivity contribution in [2.75, 3.05) is 43.8 Å². The zero-order valence-electron chi connectivity index (χ0n) is 18.2. The van der Waals surface area contributed by atoms with Gasteiger partial charge in [-0.2, -0.15) is 0 Å². The molecule has 1 heterocycles. The molecule has 3 rings (SSSR count). The molecule has 2 amide bonds. The lowest BCUT2D eigenvalue weighted by Gasteiger charge is -2.24. The number of hydrogen-bond acceptors (Lipinski definition) is 7. The van der Waals surface area contributed by atoms with E-state index in [0.717, 1.165) is 0 Å². The van der Waals surface area contributed by atoms with Gasteiger partial charge in [-0.25, -0.2) is 8.42 Å². The van der Waals surface area contributed by atoms with E-state index < -0.39 is 9.84 Å². The predicted octanol–water partition coefficient (Wildman–Crippen LogP) is 2.69. The molecule has 0 saturated carbocycles. The number of benzene rings is 2. The highest BCUT2D eigenvalue weighted by Crippen LogP contribution is 2.30. The van der Waals surface area contributed by atoms with Gasteiger partial charge >= 0.3 is 0 Å². The lowest BCUT2D eigenvalue weighted by molar-refractivity contribution is -0.113. The van der Waals surface area contributed by atoms with Crippen molar-refractivity contribution in [3.8, 4) is 11.5 Å². The predicted molar refractivity (Wildman–Crippen MR) is 124 cm³/mol. The average Bonchev–Trinajstić information content (AvgIpc) is 3.16. The number of rotatable bonds is 8. The molecule has 172 valence electrons. The largest absolute Gasteiger partial charge is 0.493 e. The number of methoxy groups -OCH3 is 2. The molecule has 1 saturated heterocycles. The van der Waals surface area contributed by atoms with E-state index in [1.165, 1.54) is 30.9 Å². The molecule has 1 fully saturated rings. The van der Waals surface area contributed by atoms with Crippen LogP contribution in [-0.2, 0) is 14.6 Å². The summed E-state index contributed by atoms with van der Waals surface area (Å²) in [6, 6.07) is 11.8. The molecule has 1 unspecified atom stereocenters. The summed E-state index contributed by atoms with van der Waals surface area (Å²) < 4.78 is 34.0. The van der Waals surface area contributed by atoms with Crippen LogP contribution in [0.4, 0.5) is 5.69 Å². The second-order valence-electron chi connectivity index (χ2n) is 7.38. The summed E-state index contributed by atoms with van der Waals surface area (Å²) >= 11 is 1.25. The Morgan fingerprint density at radius 1 is 1.12 bits per heavy atom. The van der Waals surface area contributed by atoms with E-state index in [1.54, 1.807) is 49.5 Å². The maximum atomic E-state index is 13.0. The molecule has 0 aromatic heterocycles. The third-order valence-electron chi connectivity index (χ3n) is 5.22. The number of thioether (sulfide) groups is 1. The minimum atomic E-state index is -3.10. The Morgan fingerprint density at radius 2 is 1.84 bits per heavy atom. The molecule has 0 radical (unpaired) electrons. The molecule has 2 aromatic carbocycles. The van der Waals surface area contributed by atoms with Gasteiger partial charge in [-0.05, 0) is 30.7 Å². The van der Waals surface area contributed by atoms with Gasteiger partial charge in [0.05, 0.1) is 37.0 Å². The third-order valence-corrected chi connectivity index (χ3v) is 8.04. The van der Waals surface area contributed by atoms with Crippen LogP contribution in [0.25, 0.3) is 0 Å². The van der Waals surface area contributed by atoms with Crippen LogP contribution in [0.5, 0.6) is 11.5 Å². The van der Waals surface area contributed by atoms with Gasteiger partial charge in [0, 0.05) is 29.7 Å². The summed E-state index contributed by atoms with van der Waals surface area (Å²) in [6.07, 6.45) is 0.438. The maximum absolute atomic E-state index is 13.0. The van der Waals surface area contributed by atoms with Crippen LogP contribution in [0.3, 0.4) is 0 Å². The molecule has 1 N–H and O–H groups in total. The molecule has 1 aliphatic rings. The number of hydrogen-bond donors (Lipinski definition) is 1. The Kier molecular flexibility index (Phi) is 7.68. The molecule has 8 nitrogen and oxygen atoms in total. The summed E-state index contributed by atoms with van der Waals surface area (Å²) in [6.45, 7) is 0. The average molecular weight is 479 g/mol. The normalized spacial score (nSPS) is 16.9. The first-order valence-corrected chi connectivity index (χ1v) is 12.8. The zero-order valence-corrected chi connectivity index (χ0v) is 19.8. The molecule has 0 aliphatic carbocycles. The van der Waals surface area contributed by atoms with E-state index in [4.69, 9.17) is 9.47 Å². The summed E-state index contributed by atoms with van der Waals surface area (Å²) in [4.78, 5) is 27.6. The number of amides is 2. The van der Waals surface area contributed by atoms with Gasteiger partial charge in [0.25, 0.3) is 5.91 Å². The van der Waals surface area contributed by atoms with E-state index in [2.05, 4.69) is 5.32 Å². The minimum absolute atomic E-state index is 0.0156. The molecular formula is C22H26N2O6S2. The van der Waals surface area contributed by atoms with Gasteiger partial charge in [-0.3, -0.25) is 9.59 Å². The highest BCUT2D eigenvalue weighted by atomic mass is 32.2. The van der Waals surface area contributed by atoms with Crippen molar-refractivity contribution in [3.63, 3.8) is 0 Å². The Hall–Kier alpha value is -2.72. The van der Waals surface area contributed by atoms with E-state index in [1.807, 2.05) is 0 Å². The van der Waals surface area contributed by atoms with Crippen LogP contribution < -0.4 is 14.8 Å². The topological polar surface area (TPSA) is 102 Å². The molecule has 32 heavy (non-hydrogen) atoms. The minimum Gasteiger partial charge on any atom is -0.493 e. The van der Waals surface area contributed by atoms with E-state index in [0.29, 0.717) is 34.1 Å². The van der Waals surface area contributed by atoms with Crippen molar-refractivity contribution in [3.05, 3.63) is 48.0 Å². The van der Waals surface area contributed by atoms with Crippen LogP contribution in [-0.4, -0.2) is 69.7 Å². The smallest absolute Gasteiger partial charge is 0.255 e. The highest BCUT2D eigenvalue weighted by Gasteiger charge is 2.33. The van der Waals surface area contributed by atoms with Gasteiger partial charge < -0.3 is 19.7 Å². The number of nitrogens with one attached hydrogen (secondary N) is 1. The lowest BCUT2D eigenvalue weighted by Crippen LogP contribution is -2.38. The van der Waals surface area contributed by atoms with Crippen LogP contribution >= 0.6 is 11.8 Å². The Balaban J connectivity index is 1.65. The summed E-state index contributed by atoms with van der Waals surface area (Å²) in [5.41, 5.74) is 1.02. The number of ether oxygens (including phenoxy) is 2. The standard InChI is InChI=1S/C22H26N2O6S2/c1-24(16-10-11-32(27,28)14-16)22(26)17-6-4-5-7-20(17)31-13-21(25)23-15-8-9-18(29-2)19(12-15)30-3/h4-9,12,16H,10-11,13-14H2,1-3H3,(H,23,25). The molecule has 0 spiro atoms. The SMILES string of the molecule is COc1ccc(NC(=O)CSc2ccccc2C(=O)N(C)C2CCS(=O)(=O)C2)cc1OC. The fourth-order valence-corrected chi connectivity index (χ4v) is 6.08.